The third-order valence-corrected chi connectivity index (χ3v) is 4.56. The van der Waals surface area contributed by atoms with Gasteiger partial charge < -0.3 is 15.8 Å². The minimum absolute atomic E-state index is 0.00849. The molecule has 1 aliphatic heterocycles. The highest BCUT2D eigenvalue weighted by molar-refractivity contribution is 7.89. The Morgan fingerprint density at radius 1 is 1.45 bits per heavy atom. The first-order valence-corrected chi connectivity index (χ1v) is 7.66. The van der Waals surface area contributed by atoms with Crippen molar-refractivity contribution in [2.24, 2.45) is 0 Å². The fourth-order valence-electron chi connectivity index (χ4n) is 2.02. The Balaban J connectivity index is 2.21. The number of hydrogen-bond donors (Lipinski definition) is 3. The molecule has 1 saturated heterocycles. The van der Waals surface area contributed by atoms with Crippen molar-refractivity contribution in [2.75, 3.05) is 19.4 Å². The smallest absolute Gasteiger partial charge is 0.241 e. The van der Waals surface area contributed by atoms with Crippen molar-refractivity contribution in [3.05, 3.63) is 18.2 Å². The molecule has 1 unspecified atom stereocenters. The van der Waals surface area contributed by atoms with Gasteiger partial charge in [-0.2, -0.15) is 4.72 Å². The summed E-state index contributed by atoms with van der Waals surface area (Å²) in [5.41, 5.74) is 5.92. The Kier molecular flexibility index (Phi) is 4.15. The molecule has 8 heteroatoms. The van der Waals surface area contributed by atoms with Crippen LogP contribution < -0.4 is 20.5 Å². The quantitative estimate of drug-likeness (QED) is 0.669. The molecule has 0 aromatic heterocycles. The summed E-state index contributed by atoms with van der Waals surface area (Å²) in [6.07, 6.45) is 1.22. The van der Waals surface area contributed by atoms with Gasteiger partial charge in [0.05, 0.1) is 17.7 Å². The van der Waals surface area contributed by atoms with E-state index in [0.29, 0.717) is 18.7 Å². The highest BCUT2D eigenvalue weighted by Crippen LogP contribution is 2.24. The van der Waals surface area contributed by atoms with Crippen molar-refractivity contribution in [1.82, 2.24) is 10.0 Å². The number of carbonyl (C=O) groups excluding carboxylic acids is 1. The third-order valence-electron chi connectivity index (χ3n) is 3.09. The normalized spacial score (nSPS) is 19.4. The predicted octanol–water partition coefficient (Wildman–Crippen LogP) is -0.166. The standard InChI is InChI=1S/C12H17N3O4S/c1-19-11-5-4-8(7-9(11)13)20(17,18)15-10-3-2-6-14-12(10)16/h4-5,7,10,15H,2-3,6,13H2,1H3,(H,14,16). The lowest BCUT2D eigenvalue weighted by Crippen LogP contribution is -2.50. The lowest BCUT2D eigenvalue weighted by atomic mass is 10.1. The van der Waals surface area contributed by atoms with Crippen LogP contribution in [0.5, 0.6) is 5.75 Å². The second-order valence-corrected chi connectivity index (χ2v) is 6.22. The van der Waals surface area contributed by atoms with Gasteiger partial charge in [-0.1, -0.05) is 0 Å². The number of sulfonamides is 1. The number of carbonyl (C=O) groups is 1. The van der Waals surface area contributed by atoms with E-state index in [0.717, 1.165) is 6.42 Å². The van der Waals surface area contributed by atoms with E-state index in [9.17, 15) is 13.2 Å². The number of nitrogen functional groups attached to an aromatic ring is 1. The van der Waals surface area contributed by atoms with Crippen molar-refractivity contribution in [3.8, 4) is 5.75 Å². The van der Waals surface area contributed by atoms with Crippen LogP contribution in [0.15, 0.2) is 23.1 Å². The van der Waals surface area contributed by atoms with E-state index < -0.39 is 16.1 Å². The van der Waals surface area contributed by atoms with Gasteiger partial charge in [0.2, 0.25) is 15.9 Å². The fraction of sp³-hybridized carbons (Fsp3) is 0.417. The molecule has 0 spiro atoms. The number of piperidine rings is 1. The first-order chi connectivity index (χ1) is 9.44. The van der Waals surface area contributed by atoms with Crippen molar-refractivity contribution in [2.45, 2.75) is 23.8 Å². The van der Waals surface area contributed by atoms with Crippen LogP contribution in [0.1, 0.15) is 12.8 Å². The molecule has 1 amide bonds. The highest BCUT2D eigenvalue weighted by atomic mass is 32.2. The molecule has 2 rings (SSSR count). The summed E-state index contributed by atoms with van der Waals surface area (Å²) >= 11 is 0. The van der Waals surface area contributed by atoms with Gasteiger partial charge >= 0.3 is 0 Å². The summed E-state index contributed by atoms with van der Waals surface area (Å²) in [5, 5.41) is 2.63. The molecular weight excluding hydrogens is 282 g/mol. The van der Waals surface area contributed by atoms with Gasteiger partial charge in [0.25, 0.3) is 0 Å². The molecule has 1 fully saturated rings. The second-order valence-electron chi connectivity index (χ2n) is 4.51. The maximum atomic E-state index is 12.2. The van der Waals surface area contributed by atoms with Crippen LogP contribution in [0.2, 0.25) is 0 Å². The zero-order chi connectivity index (χ0) is 14.8. The SMILES string of the molecule is COc1ccc(S(=O)(=O)NC2CCCNC2=O)cc1N. The minimum atomic E-state index is -3.79. The van der Waals surface area contributed by atoms with E-state index >= 15 is 0 Å². The van der Waals surface area contributed by atoms with E-state index in [1.54, 1.807) is 0 Å². The molecule has 1 aromatic rings. The number of benzene rings is 1. The molecular formula is C12H17N3O4S. The highest BCUT2D eigenvalue weighted by Gasteiger charge is 2.27. The molecule has 0 bridgehead atoms. The van der Waals surface area contributed by atoms with Gasteiger partial charge in [-0.3, -0.25) is 4.79 Å². The molecule has 110 valence electrons. The molecule has 1 heterocycles. The summed E-state index contributed by atoms with van der Waals surface area (Å²) in [6, 6.07) is 3.43. The lowest BCUT2D eigenvalue weighted by Gasteiger charge is -2.22. The molecule has 1 atom stereocenters. The predicted molar refractivity (Wildman–Crippen MR) is 73.8 cm³/mol. The van der Waals surface area contributed by atoms with Gasteiger partial charge in [-0.05, 0) is 31.0 Å². The lowest BCUT2D eigenvalue weighted by molar-refractivity contribution is -0.124. The van der Waals surface area contributed by atoms with E-state index in [1.165, 1.54) is 25.3 Å². The Labute approximate surface area is 117 Å². The number of hydrogen-bond acceptors (Lipinski definition) is 5. The molecule has 4 N–H and O–H groups in total. The molecule has 0 saturated carbocycles. The fourth-order valence-corrected chi connectivity index (χ4v) is 3.28. The van der Waals surface area contributed by atoms with E-state index in [4.69, 9.17) is 10.5 Å². The van der Waals surface area contributed by atoms with Gasteiger partial charge in [0.1, 0.15) is 11.8 Å². The number of nitrogens with one attached hydrogen (secondary N) is 2. The first kappa shape index (κ1) is 14.6. The maximum Gasteiger partial charge on any atom is 0.241 e. The summed E-state index contributed by atoms with van der Waals surface area (Å²) in [6.45, 7) is 0.576. The van der Waals surface area contributed by atoms with Crippen LogP contribution in [0.25, 0.3) is 0 Å². The number of ether oxygens (including phenoxy) is 1. The van der Waals surface area contributed by atoms with Gasteiger partial charge in [0.15, 0.2) is 0 Å². The number of anilines is 1. The zero-order valence-corrected chi connectivity index (χ0v) is 11.9. The van der Waals surface area contributed by atoms with E-state index in [2.05, 4.69) is 10.0 Å². The molecule has 0 aliphatic carbocycles. The van der Waals surface area contributed by atoms with Crippen LogP contribution in [0, 0.1) is 0 Å². The average Bonchev–Trinajstić information content (AvgIpc) is 2.41. The summed E-state index contributed by atoms with van der Waals surface area (Å²) < 4.78 is 31.8. The van der Waals surface area contributed by atoms with Crippen molar-refractivity contribution >= 4 is 21.6 Å². The summed E-state index contributed by atoms with van der Waals surface area (Å²) in [4.78, 5) is 11.6. The number of nitrogens with two attached hydrogens (primary N) is 1. The minimum Gasteiger partial charge on any atom is -0.495 e. The third kappa shape index (κ3) is 3.02. The number of amides is 1. The van der Waals surface area contributed by atoms with Crippen molar-refractivity contribution < 1.29 is 17.9 Å². The molecule has 1 aliphatic rings. The second kappa shape index (κ2) is 5.68. The molecule has 0 radical (unpaired) electrons. The van der Waals surface area contributed by atoms with Gasteiger partial charge in [-0.15, -0.1) is 0 Å². The Hall–Kier alpha value is -1.80. The molecule has 7 nitrogen and oxygen atoms in total. The largest absolute Gasteiger partial charge is 0.495 e. The van der Waals surface area contributed by atoms with Gasteiger partial charge in [-0.25, -0.2) is 8.42 Å². The Bertz CT molecular complexity index is 615. The monoisotopic (exact) mass is 299 g/mol. The van der Waals surface area contributed by atoms with Crippen molar-refractivity contribution in [1.29, 1.82) is 0 Å². The number of rotatable bonds is 4. The van der Waals surface area contributed by atoms with Gasteiger partial charge in [0, 0.05) is 6.54 Å². The van der Waals surface area contributed by atoms with Crippen molar-refractivity contribution in [3.63, 3.8) is 0 Å². The Morgan fingerprint density at radius 2 is 2.20 bits per heavy atom. The number of methoxy groups -OCH3 is 1. The van der Waals surface area contributed by atoms with E-state index in [-0.39, 0.29) is 16.5 Å². The molecule has 20 heavy (non-hydrogen) atoms. The van der Waals surface area contributed by atoms with Crippen LogP contribution in [-0.2, 0) is 14.8 Å². The van der Waals surface area contributed by atoms with Crippen LogP contribution >= 0.6 is 0 Å². The maximum absolute atomic E-state index is 12.2. The van der Waals surface area contributed by atoms with Crippen LogP contribution in [0.4, 0.5) is 5.69 Å². The first-order valence-electron chi connectivity index (χ1n) is 6.17. The van der Waals surface area contributed by atoms with Crippen LogP contribution in [0.3, 0.4) is 0 Å². The van der Waals surface area contributed by atoms with E-state index in [1.807, 2.05) is 0 Å². The Morgan fingerprint density at radius 3 is 2.80 bits per heavy atom. The summed E-state index contributed by atoms with van der Waals surface area (Å²) in [7, 11) is -2.34. The van der Waals surface area contributed by atoms with Crippen LogP contribution in [-0.4, -0.2) is 34.0 Å². The summed E-state index contributed by atoms with van der Waals surface area (Å²) in [5.74, 6) is 0.0978. The zero-order valence-electron chi connectivity index (χ0n) is 11.0. The molecule has 1 aromatic carbocycles. The average molecular weight is 299 g/mol. The topological polar surface area (TPSA) is 111 Å².